The van der Waals surface area contributed by atoms with Gasteiger partial charge in [-0.2, -0.15) is 10.2 Å². The van der Waals surface area contributed by atoms with Crippen molar-refractivity contribution in [1.29, 1.82) is 0 Å². The Morgan fingerprint density at radius 2 is 2.28 bits per heavy atom. The summed E-state index contributed by atoms with van der Waals surface area (Å²) in [4.78, 5) is 12.1. The molecular weight excluding hydrogens is 230 g/mol. The summed E-state index contributed by atoms with van der Waals surface area (Å²) in [6.07, 6.45) is 2.64. The predicted octanol–water partition coefficient (Wildman–Crippen LogP) is 0.607. The Morgan fingerprint density at radius 3 is 2.89 bits per heavy atom. The maximum atomic E-state index is 12.1. The van der Waals surface area contributed by atoms with Gasteiger partial charge in [-0.3, -0.25) is 9.89 Å². The summed E-state index contributed by atoms with van der Waals surface area (Å²) in [5.74, 6) is -0.0666. The van der Waals surface area contributed by atoms with E-state index in [9.17, 15) is 4.79 Å². The van der Waals surface area contributed by atoms with Gasteiger partial charge in [0.05, 0.1) is 12.1 Å². The number of nitrogens with zero attached hydrogens (tertiary/aromatic N) is 3. The van der Waals surface area contributed by atoms with E-state index in [2.05, 4.69) is 15.3 Å². The number of aryl methyl sites for hydroxylation is 1. The molecule has 2 heterocycles. The van der Waals surface area contributed by atoms with Crippen LogP contribution in [0.5, 0.6) is 0 Å². The van der Waals surface area contributed by atoms with Crippen molar-refractivity contribution in [3.63, 3.8) is 0 Å². The lowest BCUT2D eigenvalue weighted by Gasteiger charge is -2.02. The second-order valence-electron chi connectivity index (χ2n) is 4.25. The first-order chi connectivity index (χ1) is 8.63. The summed E-state index contributed by atoms with van der Waals surface area (Å²) in [6, 6.07) is 1.78. The molecule has 18 heavy (non-hydrogen) atoms. The monoisotopic (exact) mass is 247 g/mol. The van der Waals surface area contributed by atoms with Crippen molar-refractivity contribution in [1.82, 2.24) is 20.0 Å². The molecule has 0 bridgehead atoms. The van der Waals surface area contributed by atoms with Crippen LogP contribution < -0.4 is 5.73 Å². The fourth-order valence-corrected chi connectivity index (χ4v) is 2.04. The van der Waals surface area contributed by atoms with Crippen LogP contribution in [0, 0.1) is 13.8 Å². The van der Waals surface area contributed by atoms with Crippen molar-refractivity contribution in [2.75, 3.05) is 6.54 Å². The standard InChI is InChI=1S/C12H17N5O/c1-8-11(3-5-13)9(2)17(16-8)12(18)7-10-4-6-14-15-10/h4,6H,3,5,7,13H2,1-2H3,(H,14,15). The summed E-state index contributed by atoms with van der Waals surface area (Å²) in [5, 5.41) is 10.9. The Bertz CT molecular complexity index is 541. The minimum atomic E-state index is -0.0666. The fourth-order valence-electron chi connectivity index (χ4n) is 2.04. The summed E-state index contributed by atoms with van der Waals surface area (Å²) in [5.41, 5.74) is 9.16. The maximum absolute atomic E-state index is 12.1. The third kappa shape index (κ3) is 2.33. The van der Waals surface area contributed by atoms with Gasteiger partial charge in [0.15, 0.2) is 0 Å². The minimum absolute atomic E-state index is 0.0666. The van der Waals surface area contributed by atoms with E-state index in [1.165, 1.54) is 4.68 Å². The molecule has 6 nitrogen and oxygen atoms in total. The van der Waals surface area contributed by atoms with E-state index in [-0.39, 0.29) is 12.3 Å². The Labute approximate surface area is 105 Å². The van der Waals surface area contributed by atoms with Crippen molar-refractivity contribution < 1.29 is 4.79 Å². The van der Waals surface area contributed by atoms with Crippen molar-refractivity contribution in [2.24, 2.45) is 5.73 Å². The van der Waals surface area contributed by atoms with Gasteiger partial charge in [0.2, 0.25) is 0 Å². The second kappa shape index (κ2) is 5.14. The van der Waals surface area contributed by atoms with Crippen molar-refractivity contribution in [3.05, 3.63) is 34.9 Å². The van der Waals surface area contributed by atoms with Gasteiger partial charge in [0, 0.05) is 17.6 Å². The van der Waals surface area contributed by atoms with Crippen LogP contribution in [0.2, 0.25) is 0 Å². The van der Waals surface area contributed by atoms with Gasteiger partial charge >= 0.3 is 0 Å². The molecular formula is C12H17N5O. The van der Waals surface area contributed by atoms with Gasteiger partial charge in [-0.1, -0.05) is 0 Å². The number of hydrogen-bond donors (Lipinski definition) is 2. The average Bonchev–Trinajstić information content (AvgIpc) is 2.92. The normalized spacial score (nSPS) is 10.8. The van der Waals surface area contributed by atoms with Crippen LogP contribution in [0.4, 0.5) is 0 Å². The SMILES string of the molecule is Cc1nn(C(=O)Cc2ccn[nH]2)c(C)c1CCN. The van der Waals surface area contributed by atoms with Crippen LogP contribution in [-0.4, -0.2) is 32.4 Å². The average molecular weight is 247 g/mol. The zero-order chi connectivity index (χ0) is 13.1. The lowest BCUT2D eigenvalue weighted by atomic mass is 10.1. The van der Waals surface area contributed by atoms with E-state index >= 15 is 0 Å². The molecule has 0 saturated carbocycles. The first-order valence-electron chi connectivity index (χ1n) is 5.90. The maximum Gasteiger partial charge on any atom is 0.253 e. The highest BCUT2D eigenvalue weighted by molar-refractivity contribution is 5.81. The minimum Gasteiger partial charge on any atom is -0.330 e. The van der Waals surface area contributed by atoms with Gasteiger partial charge in [-0.05, 0) is 38.4 Å². The van der Waals surface area contributed by atoms with E-state index in [1.807, 2.05) is 13.8 Å². The highest BCUT2D eigenvalue weighted by Gasteiger charge is 2.16. The third-order valence-corrected chi connectivity index (χ3v) is 2.97. The van der Waals surface area contributed by atoms with E-state index < -0.39 is 0 Å². The Kier molecular flexibility index (Phi) is 3.57. The molecule has 0 aliphatic heterocycles. The van der Waals surface area contributed by atoms with Crippen molar-refractivity contribution >= 4 is 5.91 Å². The second-order valence-corrected chi connectivity index (χ2v) is 4.25. The van der Waals surface area contributed by atoms with Gasteiger partial charge in [-0.15, -0.1) is 0 Å². The van der Waals surface area contributed by atoms with Crippen LogP contribution in [0.15, 0.2) is 12.3 Å². The topological polar surface area (TPSA) is 89.6 Å². The fraction of sp³-hybridized carbons (Fsp3) is 0.417. The molecule has 0 aromatic carbocycles. The molecule has 0 fully saturated rings. The van der Waals surface area contributed by atoms with Crippen LogP contribution in [0.3, 0.4) is 0 Å². The molecule has 3 N–H and O–H groups in total. The Morgan fingerprint density at radius 1 is 1.50 bits per heavy atom. The number of hydrogen-bond acceptors (Lipinski definition) is 4. The molecule has 0 aliphatic carbocycles. The number of aromatic amines is 1. The summed E-state index contributed by atoms with van der Waals surface area (Å²) >= 11 is 0. The Hall–Kier alpha value is -1.95. The summed E-state index contributed by atoms with van der Waals surface area (Å²) in [7, 11) is 0. The predicted molar refractivity (Wildman–Crippen MR) is 67.4 cm³/mol. The van der Waals surface area contributed by atoms with Crippen molar-refractivity contribution in [2.45, 2.75) is 26.7 Å². The number of aromatic nitrogens is 4. The molecule has 0 aliphatic rings. The van der Waals surface area contributed by atoms with Gasteiger partial charge in [-0.25, -0.2) is 4.68 Å². The molecule has 0 amide bonds. The molecule has 2 aromatic rings. The third-order valence-electron chi connectivity index (χ3n) is 2.97. The Balaban J connectivity index is 2.23. The van der Waals surface area contributed by atoms with Crippen LogP contribution in [-0.2, 0) is 12.8 Å². The number of carbonyl (C=O) groups excluding carboxylic acids is 1. The zero-order valence-electron chi connectivity index (χ0n) is 10.6. The highest BCUT2D eigenvalue weighted by atomic mass is 16.2. The van der Waals surface area contributed by atoms with E-state index in [1.54, 1.807) is 12.3 Å². The molecule has 0 saturated heterocycles. The van der Waals surface area contributed by atoms with Gasteiger partial charge in [0.25, 0.3) is 5.91 Å². The number of nitrogens with one attached hydrogen (secondary N) is 1. The number of carbonyl (C=O) groups is 1. The van der Waals surface area contributed by atoms with Crippen LogP contribution in [0.1, 0.15) is 27.4 Å². The molecule has 0 radical (unpaired) electrons. The molecule has 6 heteroatoms. The lowest BCUT2D eigenvalue weighted by Crippen LogP contribution is -2.17. The number of nitrogens with two attached hydrogens (primary N) is 1. The molecule has 0 spiro atoms. The number of rotatable bonds is 4. The van der Waals surface area contributed by atoms with E-state index in [0.29, 0.717) is 6.54 Å². The van der Waals surface area contributed by atoms with Crippen LogP contribution >= 0.6 is 0 Å². The summed E-state index contributed by atoms with van der Waals surface area (Å²) < 4.78 is 1.46. The zero-order valence-corrected chi connectivity index (χ0v) is 10.6. The first-order valence-corrected chi connectivity index (χ1v) is 5.90. The van der Waals surface area contributed by atoms with Gasteiger partial charge < -0.3 is 5.73 Å². The molecule has 2 aromatic heterocycles. The van der Waals surface area contributed by atoms with E-state index in [4.69, 9.17) is 5.73 Å². The first kappa shape index (κ1) is 12.5. The summed E-state index contributed by atoms with van der Waals surface area (Å²) in [6.45, 7) is 4.36. The molecule has 0 unspecified atom stereocenters. The number of H-pyrrole nitrogens is 1. The molecule has 2 rings (SSSR count). The lowest BCUT2D eigenvalue weighted by molar-refractivity contribution is 0.0894. The molecule has 96 valence electrons. The molecule has 0 atom stereocenters. The van der Waals surface area contributed by atoms with Gasteiger partial charge in [0.1, 0.15) is 0 Å². The van der Waals surface area contributed by atoms with Crippen molar-refractivity contribution in [3.8, 4) is 0 Å². The smallest absolute Gasteiger partial charge is 0.253 e. The van der Waals surface area contributed by atoms with E-state index in [0.717, 1.165) is 29.1 Å². The van der Waals surface area contributed by atoms with Crippen LogP contribution in [0.25, 0.3) is 0 Å². The quantitative estimate of drug-likeness (QED) is 0.828. The highest BCUT2D eigenvalue weighted by Crippen LogP contribution is 2.13. The largest absolute Gasteiger partial charge is 0.330 e.